The molecule has 0 aliphatic rings. The minimum absolute atomic E-state index is 0.839. The number of hydrogen-bond donors (Lipinski definition) is 0. The third-order valence-corrected chi connectivity index (χ3v) is 3.05. The van der Waals surface area contributed by atoms with Crippen molar-refractivity contribution in [2.24, 2.45) is 0 Å². The summed E-state index contributed by atoms with van der Waals surface area (Å²) in [6.45, 7) is 2.21. The van der Waals surface area contributed by atoms with Gasteiger partial charge in [0, 0.05) is 10.4 Å². The number of rotatable bonds is 4. The second-order valence-corrected chi connectivity index (χ2v) is 4.13. The van der Waals surface area contributed by atoms with Crippen molar-refractivity contribution in [1.29, 1.82) is 0 Å². The van der Waals surface area contributed by atoms with E-state index in [4.69, 9.17) is 11.6 Å². The van der Waals surface area contributed by atoms with E-state index in [1.165, 1.54) is 24.0 Å². The Morgan fingerprint density at radius 1 is 1.38 bits per heavy atom. The second-order valence-electron chi connectivity index (χ2n) is 3.16. The highest BCUT2D eigenvalue weighted by Gasteiger charge is 2.00. The molecule has 0 nitrogen and oxygen atoms in total. The van der Waals surface area contributed by atoms with E-state index in [-0.39, 0.29) is 0 Å². The predicted octanol–water partition coefficient (Wildman–Crippen LogP) is 4.58. The van der Waals surface area contributed by atoms with Crippen LogP contribution in [0, 0.1) is 0 Å². The molecule has 0 aromatic heterocycles. The first-order valence-electron chi connectivity index (χ1n) is 4.61. The van der Waals surface area contributed by atoms with Crippen LogP contribution >= 0.6 is 27.5 Å². The fourth-order valence-corrected chi connectivity index (χ4v) is 2.08. The molecule has 0 amide bonds. The number of aryl methyl sites for hydroxylation is 1. The Labute approximate surface area is 93.4 Å². The summed E-state index contributed by atoms with van der Waals surface area (Å²) in [5.74, 6) is 0. The Kier molecular flexibility index (Phi) is 4.82. The van der Waals surface area contributed by atoms with Crippen LogP contribution in [-0.2, 0) is 11.8 Å². The highest BCUT2D eigenvalue weighted by atomic mass is 79.9. The molecule has 0 saturated carbocycles. The summed E-state index contributed by atoms with van der Waals surface area (Å²) >= 11 is 9.43. The predicted molar refractivity (Wildman–Crippen MR) is 62.7 cm³/mol. The van der Waals surface area contributed by atoms with E-state index in [0.29, 0.717) is 0 Å². The smallest absolute Gasteiger partial charge is 0.0446 e. The van der Waals surface area contributed by atoms with Crippen LogP contribution in [-0.4, -0.2) is 0 Å². The number of alkyl halides is 1. The van der Waals surface area contributed by atoms with Gasteiger partial charge in [-0.2, -0.15) is 0 Å². The number of benzene rings is 1. The number of hydrogen-bond acceptors (Lipinski definition) is 0. The average Bonchev–Trinajstić information content (AvgIpc) is 2.16. The molecule has 1 aromatic rings. The van der Waals surface area contributed by atoms with Gasteiger partial charge in [0.25, 0.3) is 0 Å². The lowest BCUT2D eigenvalue weighted by Gasteiger charge is -2.04. The maximum Gasteiger partial charge on any atom is 0.0446 e. The third kappa shape index (κ3) is 3.32. The van der Waals surface area contributed by atoms with Crippen molar-refractivity contribution in [3.05, 3.63) is 34.3 Å². The van der Waals surface area contributed by atoms with E-state index < -0.39 is 0 Å². The lowest BCUT2D eigenvalue weighted by atomic mass is 10.1. The minimum Gasteiger partial charge on any atom is -0.0876 e. The quantitative estimate of drug-likeness (QED) is 0.696. The molecule has 72 valence electrons. The minimum atomic E-state index is 0.839. The van der Waals surface area contributed by atoms with Crippen LogP contribution in [0.4, 0.5) is 0 Å². The molecule has 0 spiro atoms. The zero-order valence-corrected chi connectivity index (χ0v) is 10.2. The monoisotopic (exact) mass is 260 g/mol. The fourth-order valence-electron chi connectivity index (χ4n) is 1.27. The van der Waals surface area contributed by atoms with Gasteiger partial charge in [0.05, 0.1) is 0 Å². The highest BCUT2D eigenvalue weighted by molar-refractivity contribution is 9.08. The molecule has 0 bridgehead atoms. The summed E-state index contributed by atoms with van der Waals surface area (Å²) in [4.78, 5) is 0. The maximum atomic E-state index is 6.00. The summed E-state index contributed by atoms with van der Waals surface area (Å²) in [6.07, 6.45) is 3.66. The van der Waals surface area contributed by atoms with Crippen molar-refractivity contribution in [2.75, 3.05) is 0 Å². The normalized spacial score (nSPS) is 10.4. The maximum absolute atomic E-state index is 6.00. The molecule has 0 heterocycles. The molecule has 0 N–H and O–H groups in total. The van der Waals surface area contributed by atoms with Crippen molar-refractivity contribution in [2.45, 2.75) is 31.5 Å². The van der Waals surface area contributed by atoms with E-state index in [2.05, 4.69) is 35.0 Å². The van der Waals surface area contributed by atoms with Gasteiger partial charge in [0.2, 0.25) is 0 Å². The van der Waals surface area contributed by atoms with E-state index in [0.717, 1.165) is 16.8 Å². The van der Waals surface area contributed by atoms with Gasteiger partial charge in [-0.1, -0.05) is 53.0 Å². The van der Waals surface area contributed by atoms with Crippen LogP contribution in [0.3, 0.4) is 0 Å². The van der Waals surface area contributed by atoms with Crippen LogP contribution in [0.15, 0.2) is 18.2 Å². The zero-order valence-electron chi connectivity index (χ0n) is 7.82. The molecule has 0 fully saturated rings. The van der Waals surface area contributed by atoms with Crippen LogP contribution in [0.1, 0.15) is 30.9 Å². The van der Waals surface area contributed by atoms with E-state index in [9.17, 15) is 0 Å². The first-order valence-corrected chi connectivity index (χ1v) is 6.11. The van der Waals surface area contributed by atoms with Crippen LogP contribution in [0.5, 0.6) is 0 Å². The summed E-state index contributed by atoms with van der Waals surface area (Å²) < 4.78 is 0. The molecule has 0 aliphatic heterocycles. The van der Waals surface area contributed by atoms with Crippen LogP contribution in [0.25, 0.3) is 0 Å². The second kappa shape index (κ2) is 5.66. The van der Waals surface area contributed by atoms with Crippen molar-refractivity contribution < 1.29 is 0 Å². The lowest BCUT2D eigenvalue weighted by molar-refractivity contribution is 0.794. The fraction of sp³-hybridized carbons (Fsp3) is 0.455. The SMILES string of the molecule is CCCCc1ccc(Cl)c(CBr)c1. The van der Waals surface area contributed by atoms with Crippen LogP contribution in [0.2, 0.25) is 5.02 Å². The third-order valence-electron chi connectivity index (χ3n) is 2.07. The largest absolute Gasteiger partial charge is 0.0876 e. The van der Waals surface area contributed by atoms with Crippen molar-refractivity contribution in [3.8, 4) is 0 Å². The van der Waals surface area contributed by atoms with E-state index in [1.807, 2.05) is 6.07 Å². The Bertz CT molecular complexity index is 271. The molecule has 1 aromatic carbocycles. The van der Waals surface area contributed by atoms with Crippen LogP contribution < -0.4 is 0 Å². The van der Waals surface area contributed by atoms with Gasteiger partial charge >= 0.3 is 0 Å². The first-order chi connectivity index (χ1) is 6.27. The summed E-state index contributed by atoms with van der Waals surface area (Å²) in [6, 6.07) is 6.29. The summed E-state index contributed by atoms with van der Waals surface area (Å²) in [5.41, 5.74) is 2.58. The Hall–Kier alpha value is -0.0100. The van der Waals surface area contributed by atoms with Gasteiger partial charge < -0.3 is 0 Å². The van der Waals surface area contributed by atoms with Gasteiger partial charge in [-0.05, 0) is 30.0 Å². The van der Waals surface area contributed by atoms with E-state index >= 15 is 0 Å². The Balaban J connectivity index is 2.74. The molecule has 0 saturated heterocycles. The highest BCUT2D eigenvalue weighted by Crippen LogP contribution is 2.20. The summed E-state index contributed by atoms with van der Waals surface area (Å²) in [5, 5.41) is 1.70. The lowest BCUT2D eigenvalue weighted by Crippen LogP contribution is -1.87. The molecular weight excluding hydrogens is 247 g/mol. The molecule has 13 heavy (non-hydrogen) atoms. The van der Waals surface area contributed by atoms with E-state index in [1.54, 1.807) is 0 Å². The molecule has 2 heteroatoms. The first kappa shape index (κ1) is 11.1. The van der Waals surface area contributed by atoms with Gasteiger partial charge in [0.1, 0.15) is 0 Å². The average molecular weight is 262 g/mol. The van der Waals surface area contributed by atoms with Crippen molar-refractivity contribution >= 4 is 27.5 Å². The molecule has 0 atom stereocenters. The van der Waals surface area contributed by atoms with Gasteiger partial charge in [-0.3, -0.25) is 0 Å². The van der Waals surface area contributed by atoms with Gasteiger partial charge in [-0.25, -0.2) is 0 Å². The standard InChI is InChI=1S/C11H14BrCl/c1-2-3-4-9-5-6-11(13)10(7-9)8-12/h5-7H,2-4,8H2,1H3. The Morgan fingerprint density at radius 3 is 2.77 bits per heavy atom. The molecular formula is C11H14BrCl. The summed E-state index contributed by atoms with van der Waals surface area (Å²) in [7, 11) is 0. The van der Waals surface area contributed by atoms with Crippen molar-refractivity contribution in [3.63, 3.8) is 0 Å². The molecule has 0 unspecified atom stereocenters. The molecule has 1 rings (SSSR count). The Morgan fingerprint density at radius 2 is 2.15 bits per heavy atom. The molecule has 0 aliphatic carbocycles. The number of unbranched alkanes of at least 4 members (excludes halogenated alkanes) is 1. The van der Waals surface area contributed by atoms with Gasteiger partial charge in [-0.15, -0.1) is 0 Å². The number of halogens is 2. The zero-order chi connectivity index (χ0) is 9.68. The van der Waals surface area contributed by atoms with Crippen molar-refractivity contribution in [1.82, 2.24) is 0 Å². The molecule has 0 radical (unpaired) electrons. The topological polar surface area (TPSA) is 0 Å². The van der Waals surface area contributed by atoms with Gasteiger partial charge in [0.15, 0.2) is 0 Å².